The van der Waals surface area contributed by atoms with E-state index in [1.54, 1.807) is 12.4 Å². The highest BCUT2D eigenvalue weighted by Crippen LogP contribution is 2.04. The van der Waals surface area contributed by atoms with Crippen LogP contribution in [0.1, 0.15) is 5.69 Å². The average Bonchev–Trinajstić information content (AvgIpc) is 2.85. The van der Waals surface area contributed by atoms with Gasteiger partial charge in [-0.1, -0.05) is 18.2 Å². The molecule has 0 bridgehead atoms. The molecule has 0 saturated carbocycles. The van der Waals surface area contributed by atoms with E-state index < -0.39 is 0 Å². The van der Waals surface area contributed by atoms with Crippen molar-refractivity contribution in [2.24, 2.45) is 0 Å². The zero-order valence-electron chi connectivity index (χ0n) is 11.7. The Balaban J connectivity index is 1.77. The van der Waals surface area contributed by atoms with E-state index in [9.17, 15) is 4.79 Å². The molecule has 2 aromatic rings. The Hall–Kier alpha value is -2.89. The minimum absolute atomic E-state index is 0.0207. The first-order valence-electron chi connectivity index (χ1n) is 6.50. The minimum Gasteiger partial charge on any atom is -0.362 e. The molecular weight excluding hydrogens is 266 g/mol. The van der Waals surface area contributed by atoms with Crippen molar-refractivity contribution in [1.29, 1.82) is 5.41 Å². The zero-order valence-corrected chi connectivity index (χ0v) is 11.7. The SMILES string of the molecule is Cc1ccn(CC(=O)NC(=N)/C=C\Nc2ccccc2)n1. The van der Waals surface area contributed by atoms with Gasteiger partial charge in [0.2, 0.25) is 5.91 Å². The van der Waals surface area contributed by atoms with Crippen LogP contribution in [0.4, 0.5) is 5.69 Å². The maximum Gasteiger partial charge on any atom is 0.247 e. The van der Waals surface area contributed by atoms with Crippen LogP contribution < -0.4 is 10.6 Å². The Kier molecular flexibility index (Phi) is 4.87. The predicted molar refractivity (Wildman–Crippen MR) is 82.0 cm³/mol. The Labute approximate surface area is 123 Å². The molecule has 1 aromatic carbocycles. The molecule has 21 heavy (non-hydrogen) atoms. The average molecular weight is 283 g/mol. The molecule has 1 aromatic heterocycles. The fourth-order valence-electron chi connectivity index (χ4n) is 1.69. The van der Waals surface area contributed by atoms with Gasteiger partial charge in [-0.05, 0) is 31.2 Å². The summed E-state index contributed by atoms with van der Waals surface area (Å²) >= 11 is 0. The number of carbonyl (C=O) groups is 1. The molecule has 1 heterocycles. The zero-order chi connectivity index (χ0) is 15.1. The van der Waals surface area contributed by atoms with Crippen LogP contribution in [0, 0.1) is 12.3 Å². The summed E-state index contributed by atoms with van der Waals surface area (Å²) in [7, 11) is 0. The second-order valence-electron chi connectivity index (χ2n) is 4.46. The summed E-state index contributed by atoms with van der Waals surface area (Å²) in [6.07, 6.45) is 4.82. The molecular formula is C15H17N5O. The Morgan fingerprint density at radius 3 is 2.76 bits per heavy atom. The maximum absolute atomic E-state index is 11.7. The monoisotopic (exact) mass is 283 g/mol. The van der Waals surface area contributed by atoms with Gasteiger partial charge in [-0.2, -0.15) is 5.10 Å². The quantitative estimate of drug-likeness (QED) is 0.579. The number of nitrogens with one attached hydrogen (secondary N) is 3. The van der Waals surface area contributed by atoms with Gasteiger partial charge < -0.3 is 10.6 Å². The number of nitrogens with zero attached hydrogens (tertiary/aromatic N) is 2. The van der Waals surface area contributed by atoms with Gasteiger partial charge in [0.15, 0.2) is 0 Å². The van der Waals surface area contributed by atoms with Crippen LogP contribution in [0.3, 0.4) is 0 Å². The molecule has 1 amide bonds. The van der Waals surface area contributed by atoms with Crippen LogP contribution in [0.2, 0.25) is 0 Å². The number of para-hydroxylation sites is 1. The van der Waals surface area contributed by atoms with Gasteiger partial charge in [-0.3, -0.25) is 14.9 Å². The van der Waals surface area contributed by atoms with E-state index in [0.717, 1.165) is 11.4 Å². The van der Waals surface area contributed by atoms with Crippen LogP contribution in [0.5, 0.6) is 0 Å². The number of benzene rings is 1. The molecule has 0 radical (unpaired) electrons. The molecule has 6 nitrogen and oxygen atoms in total. The Bertz CT molecular complexity index is 645. The van der Waals surface area contributed by atoms with E-state index in [1.807, 2.05) is 43.3 Å². The summed E-state index contributed by atoms with van der Waals surface area (Å²) in [6, 6.07) is 11.4. The molecule has 0 aliphatic heterocycles. The third kappa shape index (κ3) is 4.94. The number of aromatic nitrogens is 2. The van der Waals surface area contributed by atoms with Crippen LogP contribution in [0.25, 0.3) is 0 Å². The standard InChI is InChI=1S/C15H17N5O/c1-12-8-10-20(19-12)11-15(21)18-14(16)7-9-17-13-5-3-2-4-6-13/h2-10,17H,11H2,1H3,(H2,16,18,21)/b9-7-. The second-order valence-corrected chi connectivity index (χ2v) is 4.46. The van der Waals surface area contributed by atoms with Gasteiger partial charge in [0, 0.05) is 18.1 Å². The summed E-state index contributed by atoms with van der Waals surface area (Å²) in [6.45, 7) is 1.95. The van der Waals surface area contributed by atoms with Gasteiger partial charge in [0.25, 0.3) is 0 Å². The number of anilines is 1. The topological polar surface area (TPSA) is 82.8 Å². The first-order valence-corrected chi connectivity index (χ1v) is 6.50. The number of hydrogen-bond acceptors (Lipinski definition) is 4. The fraction of sp³-hybridized carbons (Fsp3) is 0.133. The number of aryl methyl sites for hydroxylation is 1. The third-order valence-electron chi connectivity index (χ3n) is 2.63. The lowest BCUT2D eigenvalue weighted by atomic mass is 10.3. The number of amides is 1. The molecule has 3 N–H and O–H groups in total. The van der Waals surface area contributed by atoms with Crippen molar-refractivity contribution < 1.29 is 4.79 Å². The normalized spacial score (nSPS) is 10.5. The maximum atomic E-state index is 11.7. The summed E-state index contributed by atoms with van der Waals surface area (Å²) in [5, 5.41) is 17.3. The lowest BCUT2D eigenvalue weighted by Gasteiger charge is -2.04. The van der Waals surface area contributed by atoms with Crippen molar-refractivity contribution in [3.63, 3.8) is 0 Å². The van der Waals surface area contributed by atoms with E-state index in [2.05, 4.69) is 15.7 Å². The van der Waals surface area contributed by atoms with E-state index in [0.29, 0.717) is 0 Å². The van der Waals surface area contributed by atoms with Gasteiger partial charge in [-0.25, -0.2) is 0 Å². The first-order chi connectivity index (χ1) is 10.1. The summed E-state index contributed by atoms with van der Waals surface area (Å²) in [4.78, 5) is 11.7. The van der Waals surface area contributed by atoms with Gasteiger partial charge in [-0.15, -0.1) is 0 Å². The number of carbonyl (C=O) groups excluding carboxylic acids is 1. The molecule has 108 valence electrons. The summed E-state index contributed by atoms with van der Waals surface area (Å²) in [5.41, 5.74) is 1.77. The van der Waals surface area contributed by atoms with E-state index in [1.165, 1.54) is 10.8 Å². The predicted octanol–water partition coefficient (Wildman–Crippen LogP) is 1.91. The molecule has 6 heteroatoms. The molecule has 0 atom stereocenters. The number of amidine groups is 1. The van der Waals surface area contributed by atoms with Crippen molar-refractivity contribution in [2.45, 2.75) is 13.5 Å². The van der Waals surface area contributed by atoms with E-state index in [-0.39, 0.29) is 18.3 Å². The van der Waals surface area contributed by atoms with Crippen molar-refractivity contribution in [2.75, 3.05) is 5.32 Å². The highest BCUT2D eigenvalue weighted by molar-refractivity contribution is 6.02. The van der Waals surface area contributed by atoms with E-state index >= 15 is 0 Å². The lowest BCUT2D eigenvalue weighted by molar-refractivity contribution is -0.120. The van der Waals surface area contributed by atoms with E-state index in [4.69, 9.17) is 5.41 Å². The van der Waals surface area contributed by atoms with Crippen molar-refractivity contribution in [3.05, 3.63) is 60.6 Å². The molecule has 0 aliphatic rings. The van der Waals surface area contributed by atoms with Gasteiger partial charge in [0.1, 0.15) is 12.4 Å². The minimum atomic E-state index is -0.285. The second kappa shape index (κ2) is 7.04. The van der Waals surface area contributed by atoms with Crippen molar-refractivity contribution >= 4 is 17.4 Å². The van der Waals surface area contributed by atoms with Crippen LogP contribution in [-0.4, -0.2) is 21.5 Å². The van der Waals surface area contributed by atoms with Crippen molar-refractivity contribution in [1.82, 2.24) is 15.1 Å². The molecule has 0 spiro atoms. The third-order valence-corrected chi connectivity index (χ3v) is 2.63. The number of hydrogen-bond donors (Lipinski definition) is 3. The molecule has 0 unspecified atom stereocenters. The Morgan fingerprint density at radius 2 is 2.10 bits per heavy atom. The van der Waals surface area contributed by atoms with Gasteiger partial charge >= 0.3 is 0 Å². The highest BCUT2D eigenvalue weighted by Gasteiger charge is 2.04. The smallest absolute Gasteiger partial charge is 0.247 e. The Morgan fingerprint density at radius 1 is 1.33 bits per heavy atom. The fourth-order valence-corrected chi connectivity index (χ4v) is 1.69. The van der Waals surface area contributed by atoms with Gasteiger partial charge in [0.05, 0.1) is 5.69 Å². The molecule has 0 saturated heterocycles. The molecule has 0 aliphatic carbocycles. The molecule has 0 fully saturated rings. The van der Waals surface area contributed by atoms with Crippen LogP contribution in [0.15, 0.2) is 54.9 Å². The molecule has 2 rings (SSSR count). The largest absolute Gasteiger partial charge is 0.362 e. The summed E-state index contributed by atoms with van der Waals surface area (Å²) < 4.78 is 1.53. The summed E-state index contributed by atoms with van der Waals surface area (Å²) in [5.74, 6) is -0.264. The first kappa shape index (κ1) is 14.5. The number of rotatable bonds is 5. The lowest BCUT2D eigenvalue weighted by Crippen LogP contribution is -2.31. The van der Waals surface area contributed by atoms with Crippen molar-refractivity contribution in [3.8, 4) is 0 Å². The van der Waals surface area contributed by atoms with Crippen LogP contribution in [-0.2, 0) is 11.3 Å². The highest BCUT2D eigenvalue weighted by atomic mass is 16.2. The van der Waals surface area contributed by atoms with Crippen LogP contribution >= 0.6 is 0 Å².